The first-order chi connectivity index (χ1) is 15.8. The zero-order valence-corrected chi connectivity index (χ0v) is 17.3. The highest BCUT2D eigenvalue weighted by molar-refractivity contribution is 5.95. The predicted molar refractivity (Wildman–Crippen MR) is 115 cm³/mol. The number of rotatable bonds is 6. The van der Waals surface area contributed by atoms with Crippen molar-refractivity contribution in [1.82, 2.24) is 20.0 Å². The Kier molecular flexibility index (Phi) is 5.07. The molecule has 0 spiro atoms. The number of hydrogen-bond donors (Lipinski definition) is 2. The minimum Gasteiger partial charge on any atom is -0.398 e. The summed E-state index contributed by atoms with van der Waals surface area (Å²) in [6.07, 6.45) is -3.69. The number of nitrogens with two attached hydrogens (primary N) is 1. The van der Waals surface area contributed by atoms with Crippen LogP contribution in [0.2, 0.25) is 0 Å². The minimum atomic E-state index is -4.45. The fourth-order valence-electron chi connectivity index (χ4n) is 4.12. The quantitative estimate of drug-likeness (QED) is 0.424. The third-order valence-corrected chi connectivity index (χ3v) is 5.78. The fraction of sp³-hybridized carbons (Fsp3) is 0.261. The number of nitrogens with zero attached hydrogens (tertiary/aromatic N) is 3. The first kappa shape index (κ1) is 21.0. The molecular weight excluding hydrogens is 435 g/mol. The van der Waals surface area contributed by atoms with Gasteiger partial charge in [0, 0.05) is 17.0 Å². The maximum atomic E-state index is 13.2. The summed E-state index contributed by atoms with van der Waals surface area (Å²) in [6.45, 7) is -1.23. The average molecular weight is 455 g/mol. The molecule has 1 saturated carbocycles. The second kappa shape index (κ2) is 7.95. The summed E-state index contributed by atoms with van der Waals surface area (Å²) in [5, 5.41) is 7.08. The summed E-state index contributed by atoms with van der Waals surface area (Å²) < 4.78 is 45.9. The van der Waals surface area contributed by atoms with Crippen molar-refractivity contribution < 1.29 is 22.5 Å². The molecule has 2 atom stereocenters. The van der Waals surface area contributed by atoms with Gasteiger partial charge in [-0.15, -0.1) is 0 Å². The third kappa shape index (κ3) is 4.28. The average Bonchev–Trinajstić information content (AvgIpc) is 3.32. The van der Waals surface area contributed by atoms with Gasteiger partial charge in [-0.25, -0.2) is 0 Å². The van der Waals surface area contributed by atoms with E-state index < -0.39 is 12.7 Å². The topological polar surface area (TPSA) is 99.0 Å². The number of nitrogen functional groups attached to an aromatic ring is 1. The lowest BCUT2D eigenvalue weighted by molar-refractivity contribution is -0.139. The van der Waals surface area contributed by atoms with Gasteiger partial charge in [0.25, 0.3) is 0 Å². The summed E-state index contributed by atoms with van der Waals surface area (Å²) >= 11 is 0. The SMILES string of the molecule is Nc1cccc2c1cc(-c1noc(CNC(=O)[C@@H]3CC3c3ccccc3)n1)n2CC(F)(F)F. The first-order valence-electron chi connectivity index (χ1n) is 10.4. The normalized spacial score (nSPS) is 17.9. The van der Waals surface area contributed by atoms with Gasteiger partial charge in [0.05, 0.1) is 17.8 Å². The van der Waals surface area contributed by atoms with E-state index in [2.05, 4.69) is 15.5 Å². The number of carbonyl (C=O) groups is 1. The highest BCUT2D eigenvalue weighted by atomic mass is 19.4. The molecule has 0 aliphatic heterocycles. The van der Waals surface area contributed by atoms with Crippen LogP contribution in [0, 0.1) is 5.92 Å². The van der Waals surface area contributed by atoms with Gasteiger partial charge in [-0.3, -0.25) is 4.79 Å². The number of hydrogen-bond acceptors (Lipinski definition) is 5. The molecule has 1 fully saturated rings. The molecule has 0 saturated heterocycles. The Labute approximate surface area is 186 Å². The van der Waals surface area contributed by atoms with Crippen molar-refractivity contribution in [3.63, 3.8) is 0 Å². The van der Waals surface area contributed by atoms with E-state index in [9.17, 15) is 18.0 Å². The molecule has 170 valence electrons. The van der Waals surface area contributed by atoms with Crippen LogP contribution in [0.15, 0.2) is 59.1 Å². The summed E-state index contributed by atoms with van der Waals surface area (Å²) in [7, 11) is 0. The van der Waals surface area contributed by atoms with Crippen LogP contribution in [-0.4, -0.2) is 26.8 Å². The molecule has 0 bridgehead atoms. The van der Waals surface area contributed by atoms with Crippen LogP contribution in [-0.2, 0) is 17.9 Å². The summed E-state index contributed by atoms with van der Waals surface area (Å²) in [5.74, 6) is 0.0438. The van der Waals surface area contributed by atoms with Crippen LogP contribution in [0.4, 0.5) is 18.9 Å². The fourth-order valence-corrected chi connectivity index (χ4v) is 4.12. The van der Waals surface area contributed by atoms with E-state index in [1.807, 2.05) is 30.3 Å². The van der Waals surface area contributed by atoms with Gasteiger partial charge in [0.15, 0.2) is 0 Å². The maximum absolute atomic E-state index is 13.2. The van der Waals surface area contributed by atoms with Crippen molar-refractivity contribution in [2.75, 3.05) is 5.73 Å². The van der Waals surface area contributed by atoms with E-state index in [4.69, 9.17) is 10.3 Å². The van der Waals surface area contributed by atoms with Crippen LogP contribution < -0.4 is 11.1 Å². The molecule has 7 nitrogen and oxygen atoms in total. The van der Waals surface area contributed by atoms with Gasteiger partial charge in [-0.05, 0) is 36.1 Å². The monoisotopic (exact) mass is 455 g/mol. The summed E-state index contributed by atoms with van der Waals surface area (Å²) in [4.78, 5) is 16.7. The number of fused-ring (bicyclic) bond motifs is 1. The molecule has 0 radical (unpaired) electrons. The lowest BCUT2D eigenvalue weighted by Gasteiger charge is -2.11. The number of aromatic nitrogens is 3. The summed E-state index contributed by atoms with van der Waals surface area (Å²) in [6, 6.07) is 16.1. The molecule has 1 aliphatic carbocycles. The second-order valence-electron chi connectivity index (χ2n) is 8.10. The van der Waals surface area contributed by atoms with E-state index in [0.717, 1.165) is 16.6 Å². The van der Waals surface area contributed by atoms with Crippen LogP contribution in [0.5, 0.6) is 0 Å². The largest absolute Gasteiger partial charge is 0.406 e. The number of benzene rings is 2. The summed E-state index contributed by atoms with van der Waals surface area (Å²) in [5.41, 5.74) is 7.87. The minimum absolute atomic E-state index is 0.00677. The molecule has 10 heteroatoms. The highest BCUT2D eigenvalue weighted by Gasteiger charge is 2.43. The van der Waals surface area contributed by atoms with Crippen molar-refractivity contribution in [1.29, 1.82) is 0 Å². The third-order valence-electron chi connectivity index (χ3n) is 5.78. The van der Waals surface area contributed by atoms with Gasteiger partial charge in [0.2, 0.25) is 17.6 Å². The molecule has 33 heavy (non-hydrogen) atoms. The molecule has 5 rings (SSSR count). The Hall–Kier alpha value is -3.82. The Morgan fingerprint density at radius 2 is 1.97 bits per heavy atom. The van der Waals surface area contributed by atoms with E-state index in [1.165, 1.54) is 6.07 Å². The number of amides is 1. The van der Waals surface area contributed by atoms with Crippen LogP contribution in [0.25, 0.3) is 22.4 Å². The van der Waals surface area contributed by atoms with Gasteiger partial charge in [0.1, 0.15) is 6.54 Å². The Bertz CT molecular complexity index is 1310. The number of nitrogens with one attached hydrogen (secondary N) is 1. The molecule has 1 amide bonds. The molecule has 3 N–H and O–H groups in total. The van der Waals surface area contributed by atoms with Crippen molar-refractivity contribution in [3.8, 4) is 11.5 Å². The van der Waals surface area contributed by atoms with E-state index in [1.54, 1.807) is 18.2 Å². The van der Waals surface area contributed by atoms with E-state index >= 15 is 0 Å². The lowest BCUT2D eigenvalue weighted by Crippen LogP contribution is -2.25. The number of anilines is 1. The van der Waals surface area contributed by atoms with Crippen molar-refractivity contribution in [2.24, 2.45) is 5.92 Å². The standard InChI is InChI=1S/C23H20F3N5O2/c24-23(25,26)12-31-18-8-4-7-17(27)16(18)10-19(31)21-29-20(33-30-21)11-28-22(32)15-9-14(15)13-5-2-1-3-6-13/h1-8,10,14-15H,9,11-12,27H2,(H,28,32)/t14?,15-/m1/s1. The Balaban J connectivity index is 1.32. The van der Waals surface area contributed by atoms with Gasteiger partial charge >= 0.3 is 6.18 Å². The first-order valence-corrected chi connectivity index (χ1v) is 10.4. The number of halogens is 3. The Morgan fingerprint density at radius 3 is 2.73 bits per heavy atom. The van der Waals surface area contributed by atoms with Crippen molar-refractivity contribution >= 4 is 22.5 Å². The second-order valence-corrected chi connectivity index (χ2v) is 8.10. The molecule has 1 aliphatic rings. The molecule has 2 aromatic carbocycles. The zero-order chi connectivity index (χ0) is 23.2. The van der Waals surface area contributed by atoms with Crippen molar-refractivity contribution in [3.05, 3.63) is 66.1 Å². The Morgan fingerprint density at radius 1 is 1.18 bits per heavy atom. The predicted octanol–water partition coefficient (Wildman–Crippen LogP) is 4.26. The van der Waals surface area contributed by atoms with Crippen LogP contribution in [0.3, 0.4) is 0 Å². The maximum Gasteiger partial charge on any atom is 0.406 e. The molecule has 4 aromatic rings. The van der Waals surface area contributed by atoms with Gasteiger partial charge < -0.3 is 20.1 Å². The smallest absolute Gasteiger partial charge is 0.398 e. The molecule has 2 aromatic heterocycles. The molecule has 1 unspecified atom stereocenters. The van der Waals surface area contributed by atoms with Crippen molar-refractivity contribution in [2.45, 2.75) is 31.6 Å². The highest BCUT2D eigenvalue weighted by Crippen LogP contribution is 2.47. The van der Waals surface area contributed by atoms with Gasteiger partial charge in [-0.2, -0.15) is 18.2 Å². The van der Waals surface area contributed by atoms with E-state index in [0.29, 0.717) is 16.6 Å². The van der Waals surface area contributed by atoms with Crippen LogP contribution in [0.1, 0.15) is 23.8 Å². The zero-order valence-electron chi connectivity index (χ0n) is 17.3. The van der Waals surface area contributed by atoms with Crippen LogP contribution >= 0.6 is 0 Å². The number of alkyl halides is 3. The molecular formula is C23H20F3N5O2. The molecule has 2 heterocycles. The number of carbonyl (C=O) groups excluding carboxylic acids is 1. The lowest BCUT2D eigenvalue weighted by atomic mass is 10.1. The van der Waals surface area contributed by atoms with Gasteiger partial charge in [-0.1, -0.05) is 41.6 Å². The van der Waals surface area contributed by atoms with E-state index in [-0.39, 0.29) is 41.7 Å².